The van der Waals surface area contributed by atoms with Gasteiger partial charge in [-0.1, -0.05) is 12.1 Å². The fraction of sp³-hybridized carbons (Fsp3) is 0.429. The smallest absolute Gasteiger partial charge is 0.408 e. The molecule has 1 aromatic rings. The van der Waals surface area contributed by atoms with Gasteiger partial charge in [0.25, 0.3) is 5.69 Å². The van der Waals surface area contributed by atoms with Crippen LogP contribution in [0.4, 0.5) is 10.5 Å². The maximum absolute atomic E-state index is 11.6. The van der Waals surface area contributed by atoms with Crippen LogP contribution in [-0.4, -0.2) is 28.6 Å². The van der Waals surface area contributed by atoms with Gasteiger partial charge in [-0.25, -0.2) is 4.79 Å². The average molecular weight is 309 g/mol. The second-order valence-corrected chi connectivity index (χ2v) is 5.65. The van der Waals surface area contributed by atoms with Crippen LogP contribution in [-0.2, 0) is 16.0 Å². The van der Waals surface area contributed by atoms with Crippen LogP contribution < -0.4 is 10.4 Å². The lowest BCUT2D eigenvalue weighted by molar-refractivity contribution is -0.384. The molecule has 0 saturated heterocycles. The van der Waals surface area contributed by atoms with Gasteiger partial charge in [-0.2, -0.15) is 0 Å². The highest BCUT2D eigenvalue weighted by Gasteiger charge is 2.20. The number of nitrogens with zero attached hydrogens (tertiary/aromatic N) is 1. The molecular weight excluding hydrogens is 292 g/mol. The quantitative estimate of drug-likeness (QED) is 0.633. The Balaban J connectivity index is 2.74. The molecule has 0 bridgehead atoms. The van der Waals surface area contributed by atoms with Gasteiger partial charge >= 0.3 is 6.09 Å². The van der Waals surface area contributed by atoms with E-state index in [-0.39, 0.29) is 12.1 Å². The Kier molecular flexibility index (Phi) is 5.44. The van der Waals surface area contributed by atoms with Gasteiger partial charge in [0.2, 0.25) is 0 Å². The Hall–Kier alpha value is -2.64. The number of non-ortho nitro benzene ring substituents is 1. The maximum atomic E-state index is 11.6. The number of aliphatic carboxylic acids is 1. The molecule has 0 unspecified atom stereocenters. The highest BCUT2D eigenvalue weighted by Crippen LogP contribution is 2.13. The summed E-state index contributed by atoms with van der Waals surface area (Å²) >= 11 is 0. The van der Waals surface area contributed by atoms with Gasteiger partial charge in [0.15, 0.2) is 0 Å². The molecule has 0 aromatic heterocycles. The zero-order valence-corrected chi connectivity index (χ0v) is 12.5. The van der Waals surface area contributed by atoms with Crippen molar-refractivity contribution >= 4 is 17.7 Å². The van der Waals surface area contributed by atoms with Crippen LogP contribution in [0.1, 0.15) is 26.3 Å². The Morgan fingerprint density at radius 1 is 1.27 bits per heavy atom. The van der Waals surface area contributed by atoms with Gasteiger partial charge in [-0.3, -0.25) is 10.1 Å². The molecule has 0 radical (unpaired) electrons. The van der Waals surface area contributed by atoms with Crippen LogP contribution in [0.25, 0.3) is 0 Å². The summed E-state index contributed by atoms with van der Waals surface area (Å²) in [4.78, 5) is 32.7. The second kappa shape index (κ2) is 6.88. The summed E-state index contributed by atoms with van der Waals surface area (Å²) in [5, 5.41) is 23.8. The van der Waals surface area contributed by atoms with Crippen LogP contribution in [0.3, 0.4) is 0 Å². The van der Waals surface area contributed by atoms with Gasteiger partial charge in [-0.05, 0) is 32.8 Å². The number of carbonyl (C=O) groups excluding carboxylic acids is 2. The third-order valence-electron chi connectivity index (χ3n) is 2.56. The van der Waals surface area contributed by atoms with Crippen molar-refractivity contribution in [2.24, 2.45) is 0 Å². The van der Waals surface area contributed by atoms with Gasteiger partial charge in [0.05, 0.1) is 16.9 Å². The Bertz CT molecular complexity index is 562. The summed E-state index contributed by atoms with van der Waals surface area (Å²) in [5.41, 5.74) is -0.349. The first-order chi connectivity index (χ1) is 10.1. The fourth-order valence-corrected chi connectivity index (χ4v) is 1.63. The average Bonchev–Trinajstić information content (AvgIpc) is 2.36. The molecule has 1 amide bonds. The number of benzene rings is 1. The van der Waals surface area contributed by atoms with Gasteiger partial charge in [-0.15, -0.1) is 0 Å². The number of hydrogen-bond acceptors (Lipinski definition) is 6. The minimum absolute atomic E-state index is 0.0699. The van der Waals surface area contributed by atoms with E-state index >= 15 is 0 Å². The molecule has 0 fully saturated rings. The topological polar surface area (TPSA) is 122 Å². The number of alkyl carbamates (subject to hydrolysis) is 1. The minimum Gasteiger partial charge on any atom is -0.548 e. The van der Waals surface area contributed by atoms with E-state index in [0.29, 0.717) is 5.56 Å². The van der Waals surface area contributed by atoms with Crippen molar-refractivity contribution in [1.82, 2.24) is 5.32 Å². The predicted octanol–water partition coefficient (Wildman–Crippen LogP) is 0.780. The van der Waals surface area contributed by atoms with Crippen LogP contribution >= 0.6 is 0 Å². The zero-order valence-electron chi connectivity index (χ0n) is 12.5. The number of amides is 1. The molecule has 0 heterocycles. The molecule has 120 valence electrons. The number of nitro groups is 1. The van der Waals surface area contributed by atoms with Crippen molar-refractivity contribution in [2.75, 3.05) is 0 Å². The summed E-state index contributed by atoms with van der Waals surface area (Å²) in [6, 6.07) is 4.07. The lowest BCUT2D eigenvalue weighted by Crippen LogP contribution is -2.50. The molecule has 1 rings (SSSR count). The lowest BCUT2D eigenvalue weighted by atomic mass is 10.1. The Morgan fingerprint density at radius 2 is 1.82 bits per heavy atom. The minimum atomic E-state index is -1.47. The number of nitrogens with one attached hydrogen (secondary N) is 1. The molecular formula is C14H17N2O6-. The molecule has 0 aliphatic heterocycles. The summed E-state index contributed by atoms with van der Waals surface area (Å²) in [6.45, 7) is 4.95. The van der Waals surface area contributed by atoms with E-state index in [2.05, 4.69) is 5.32 Å². The zero-order chi connectivity index (χ0) is 16.9. The van der Waals surface area contributed by atoms with Crippen LogP contribution in [0.15, 0.2) is 24.3 Å². The van der Waals surface area contributed by atoms with E-state index in [1.165, 1.54) is 24.3 Å². The molecule has 0 saturated carbocycles. The van der Waals surface area contributed by atoms with E-state index < -0.39 is 28.6 Å². The maximum Gasteiger partial charge on any atom is 0.408 e. The van der Waals surface area contributed by atoms with E-state index in [0.717, 1.165) is 0 Å². The number of hydrogen-bond donors (Lipinski definition) is 1. The second-order valence-electron chi connectivity index (χ2n) is 5.65. The van der Waals surface area contributed by atoms with Crippen molar-refractivity contribution in [3.8, 4) is 0 Å². The summed E-state index contributed by atoms with van der Waals surface area (Å²) in [7, 11) is 0. The SMILES string of the molecule is CC(C)(C)OC(=O)N[C@@H](Cc1ccc([N+](=O)[O-])cc1)C(=O)[O-]. The molecule has 1 aromatic carbocycles. The highest BCUT2D eigenvalue weighted by atomic mass is 16.6. The number of carboxylic acids is 1. The first-order valence-corrected chi connectivity index (χ1v) is 6.52. The lowest BCUT2D eigenvalue weighted by Gasteiger charge is -2.24. The third kappa shape index (κ3) is 5.78. The van der Waals surface area contributed by atoms with Gasteiger partial charge in [0.1, 0.15) is 5.60 Å². The standard InChI is InChI=1S/C14H18N2O6/c1-14(2,3)22-13(19)15-11(12(17)18)8-9-4-6-10(7-5-9)16(20)21/h4-7,11H,8H2,1-3H3,(H,15,19)(H,17,18)/p-1/t11-/m0/s1. The monoisotopic (exact) mass is 309 g/mol. The van der Waals surface area contributed by atoms with Crippen LogP contribution in [0, 0.1) is 10.1 Å². The summed E-state index contributed by atoms with van der Waals surface area (Å²) in [5.74, 6) is -1.47. The normalized spacial score (nSPS) is 12.3. The number of rotatable bonds is 5. The number of ether oxygens (including phenoxy) is 1. The van der Waals surface area contributed by atoms with E-state index in [9.17, 15) is 24.8 Å². The Labute approximate surface area is 127 Å². The van der Waals surface area contributed by atoms with E-state index in [4.69, 9.17) is 4.74 Å². The van der Waals surface area contributed by atoms with Crippen LogP contribution in [0.2, 0.25) is 0 Å². The van der Waals surface area contributed by atoms with Crippen LogP contribution in [0.5, 0.6) is 0 Å². The number of carbonyl (C=O) groups is 2. The first kappa shape index (κ1) is 17.4. The highest BCUT2D eigenvalue weighted by molar-refractivity contribution is 5.79. The number of nitro benzene ring substituents is 1. The van der Waals surface area contributed by atoms with E-state index in [1.54, 1.807) is 20.8 Å². The van der Waals surface area contributed by atoms with E-state index in [1.807, 2.05) is 0 Å². The molecule has 8 nitrogen and oxygen atoms in total. The van der Waals surface area contributed by atoms with Crippen molar-refractivity contribution in [3.05, 3.63) is 39.9 Å². The summed E-state index contributed by atoms with van der Waals surface area (Å²) < 4.78 is 4.98. The molecule has 0 spiro atoms. The molecule has 1 atom stereocenters. The Morgan fingerprint density at radius 3 is 2.23 bits per heavy atom. The summed E-state index contributed by atoms with van der Waals surface area (Å²) in [6.07, 6.45) is -0.942. The van der Waals surface area contributed by atoms with Crippen molar-refractivity contribution in [1.29, 1.82) is 0 Å². The molecule has 22 heavy (non-hydrogen) atoms. The molecule has 0 aliphatic carbocycles. The predicted molar refractivity (Wildman–Crippen MR) is 75.0 cm³/mol. The van der Waals surface area contributed by atoms with Crippen molar-refractivity contribution in [3.63, 3.8) is 0 Å². The first-order valence-electron chi connectivity index (χ1n) is 6.52. The molecule has 1 N–H and O–H groups in total. The third-order valence-corrected chi connectivity index (χ3v) is 2.56. The van der Waals surface area contributed by atoms with Gasteiger partial charge in [0, 0.05) is 12.1 Å². The van der Waals surface area contributed by atoms with Crippen molar-refractivity contribution < 1.29 is 24.4 Å². The molecule has 0 aliphatic rings. The molecule has 8 heteroatoms. The largest absolute Gasteiger partial charge is 0.548 e. The fourth-order valence-electron chi connectivity index (χ4n) is 1.63. The van der Waals surface area contributed by atoms with Gasteiger partial charge < -0.3 is 20.0 Å². The number of carboxylic acid groups (broad SMARTS) is 1. The van der Waals surface area contributed by atoms with Crippen molar-refractivity contribution in [2.45, 2.75) is 38.8 Å².